The molecule has 1 aliphatic heterocycles. The maximum absolute atomic E-state index is 13.3. The molecule has 0 spiro atoms. The number of halogens is 2. The zero-order valence-electron chi connectivity index (χ0n) is 19.3. The number of amides is 1. The molecule has 0 radical (unpaired) electrons. The van der Waals surface area contributed by atoms with E-state index in [1.807, 2.05) is 24.3 Å². The zero-order valence-corrected chi connectivity index (χ0v) is 20.9. The highest BCUT2D eigenvalue weighted by molar-refractivity contribution is 8.00. The Hall–Kier alpha value is -3.59. The lowest BCUT2D eigenvalue weighted by atomic mass is 9.91. The Balaban J connectivity index is 1.40. The standard InChI is InChI=1S/C28H22ClFN2O4S/c29-19-11-18(13-31-14-19)16-3-7-21(8-4-16)32-26(23-10-9-22(33)12-24(23)34)27(28(32)36)37-15-25(35)17-1-5-20(30)6-2-17/h1-14,25-27,33-35H,15H2/t25-,26+,27+/m0/s1. The summed E-state index contributed by atoms with van der Waals surface area (Å²) in [4.78, 5) is 19.0. The van der Waals surface area contributed by atoms with Crippen LogP contribution >= 0.6 is 23.4 Å². The number of nitrogens with zero attached hydrogens (tertiary/aromatic N) is 2. The summed E-state index contributed by atoms with van der Waals surface area (Å²) < 4.78 is 13.2. The zero-order chi connectivity index (χ0) is 26.1. The number of phenols is 2. The van der Waals surface area contributed by atoms with Gasteiger partial charge in [0.2, 0.25) is 5.91 Å². The van der Waals surface area contributed by atoms with Crippen molar-refractivity contribution in [2.24, 2.45) is 0 Å². The van der Waals surface area contributed by atoms with E-state index in [0.717, 1.165) is 11.1 Å². The number of thioether (sulfide) groups is 1. The summed E-state index contributed by atoms with van der Waals surface area (Å²) >= 11 is 7.32. The number of aliphatic hydroxyl groups is 1. The molecule has 4 aromatic rings. The Kier molecular flexibility index (Phi) is 7.06. The molecule has 0 unspecified atom stereocenters. The molecule has 2 heterocycles. The predicted octanol–water partition coefficient (Wildman–Crippen LogP) is 5.88. The van der Waals surface area contributed by atoms with Gasteiger partial charge in [-0.2, -0.15) is 0 Å². The molecule has 1 aromatic heterocycles. The summed E-state index contributed by atoms with van der Waals surface area (Å²) in [6.07, 6.45) is 2.36. The Morgan fingerprint density at radius 1 is 0.973 bits per heavy atom. The Morgan fingerprint density at radius 3 is 2.38 bits per heavy atom. The SMILES string of the molecule is O=C1[C@H](SC[C@H](O)c2ccc(F)cc2)[C@@H](c2ccc(O)cc2O)N1c1ccc(-c2cncc(Cl)c2)cc1. The van der Waals surface area contributed by atoms with Crippen LogP contribution < -0.4 is 4.90 Å². The second-order valence-electron chi connectivity index (χ2n) is 8.66. The number of benzene rings is 3. The molecule has 5 rings (SSSR count). The minimum atomic E-state index is -0.896. The Labute approximate surface area is 222 Å². The number of β-lactam (4-membered cyclic amide) rings is 1. The van der Waals surface area contributed by atoms with Crippen LogP contribution in [0.25, 0.3) is 11.1 Å². The van der Waals surface area contributed by atoms with Crippen molar-refractivity contribution in [1.29, 1.82) is 0 Å². The third-order valence-corrected chi connectivity index (χ3v) is 7.78. The second-order valence-corrected chi connectivity index (χ2v) is 10.3. The summed E-state index contributed by atoms with van der Waals surface area (Å²) in [5, 5.41) is 30.9. The fraction of sp³-hybridized carbons (Fsp3) is 0.143. The van der Waals surface area contributed by atoms with Crippen molar-refractivity contribution in [2.75, 3.05) is 10.7 Å². The van der Waals surface area contributed by atoms with Crippen LogP contribution in [0.3, 0.4) is 0 Å². The topological polar surface area (TPSA) is 93.9 Å². The lowest BCUT2D eigenvalue weighted by Gasteiger charge is -2.47. The van der Waals surface area contributed by atoms with Crippen LogP contribution in [-0.2, 0) is 4.79 Å². The summed E-state index contributed by atoms with van der Waals surface area (Å²) in [5.41, 5.74) is 3.38. The van der Waals surface area contributed by atoms with Gasteiger partial charge in [-0.1, -0.05) is 35.9 Å². The van der Waals surface area contributed by atoms with Crippen molar-refractivity contribution < 1.29 is 24.5 Å². The lowest BCUT2D eigenvalue weighted by molar-refractivity contribution is -0.123. The molecule has 1 fully saturated rings. The van der Waals surface area contributed by atoms with Crippen molar-refractivity contribution in [3.8, 4) is 22.6 Å². The minimum Gasteiger partial charge on any atom is -0.508 e. The number of carbonyl (C=O) groups excluding carboxylic acids is 1. The van der Waals surface area contributed by atoms with Crippen LogP contribution in [0.4, 0.5) is 10.1 Å². The van der Waals surface area contributed by atoms with Gasteiger partial charge in [0.1, 0.15) is 22.6 Å². The van der Waals surface area contributed by atoms with Crippen LogP contribution in [-0.4, -0.2) is 37.2 Å². The van der Waals surface area contributed by atoms with E-state index in [2.05, 4.69) is 4.98 Å². The van der Waals surface area contributed by atoms with Gasteiger partial charge in [0.25, 0.3) is 0 Å². The first-order chi connectivity index (χ1) is 17.8. The van der Waals surface area contributed by atoms with Gasteiger partial charge in [0.05, 0.1) is 17.2 Å². The van der Waals surface area contributed by atoms with Crippen LogP contribution in [0.1, 0.15) is 23.3 Å². The van der Waals surface area contributed by atoms with E-state index < -0.39 is 23.2 Å². The summed E-state index contributed by atoms with van der Waals surface area (Å²) in [7, 11) is 0. The number of carbonyl (C=O) groups is 1. The van der Waals surface area contributed by atoms with E-state index in [-0.39, 0.29) is 23.2 Å². The van der Waals surface area contributed by atoms with Crippen molar-refractivity contribution in [2.45, 2.75) is 17.4 Å². The molecule has 6 nitrogen and oxygen atoms in total. The van der Waals surface area contributed by atoms with E-state index >= 15 is 0 Å². The fourth-order valence-corrected chi connectivity index (χ4v) is 5.82. The second kappa shape index (κ2) is 10.4. The molecule has 1 amide bonds. The molecular weight excluding hydrogens is 515 g/mol. The average Bonchev–Trinajstić information content (AvgIpc) is 2.88. The third kappa shape index (κ3) is 5.13. The largest absolute Gasteiger partial charge is 0.508 e. The number of rotatable bonds is 7. The van der Waals surface area contributed by atoms with Gasteiger partial charge < -0.3 is 20.2 Å². The average molecular weight is 537 g/mol. The third-order valence-electron chi connectivity index (χ3n) is 6.25. The van der Waals surface area contributed by atoms with E-state index in [9.17, 15) is 24.5 Å². The van der Waals surface area contributed by atoms with Crippen LogP contribution in [0.5, 0.6) is 11.5 Å². The predicted molar refractivity (Wildman–Crippen MR) is 142 cm³/mol. The van der Waals surface area contributed by atoms with E-state index in [4.69, 9.17) is 11.6 Å². The smallest absolute Gasteiger partial charge is 0.243 e. The van der Waals surface area contributed by atoms with Crippen LogP contribution in [0, 0.1) is 5.82 Å². The van der Waals surface area contributed by atoms with Crippen molar-refractivity contribution in [3.63, 3.8) is 0 Å². The van der Waals surface area contributed by atoms with Gasteiger partial charge >= 0.3 is 0 Å². The van der Waals surface area contributed by atoms with Crippen molar-refractivity contribution in [3.05, 3.63) is 107 Å². The molecule has 1 aliphatic rings. The summed E-state index contributed by atoms with van der Waals surface area (Å²) in [6, 6.07) is 18.5. The number of anilines is 1. The van der Waals surface area contributed by atoms with E-state index in [0.29, 0.717) is 21.8 Å². The quantitative estimate of drug-likeness (QED) is 0.256. The van der Waals surface area contributed by atoms with Gasteiger partial charge in [-0.15, -0.1) is 11.8 Å². The molecule has 0 aliphatic carbocycles. The lowest BCUT2D eigenvalue weighted by Crippen LogP contribution is -2.57. The molecular formula is C28H22ClFN2O4S. The monoisotopic (exact) mass is 536 g/mol. The molecule has 3 atom stereocenters. The van der Waals surface area contributed by atoms with Gasteiger partial charge in [0, 0.05) is 41.0 Å². The highest BCUT2D eigenvalue weighted by Crippen LogP contribution is 2.48. The number of aliphatic hydroxyl groups excluding tert-OH is 1. The normalized spacial score (nSPS) is 17.9. The molecule has 1 saturated heterocycles. The molecule has 0 saturated carbocycles. The van der Waals surface area contributed by atoms with Gasteiger partial charge in [0.15, 0.2) is 0 Å². The Bertz CT molecular complexity index is 1440. The number of aromatic nitrogens is 1. The molecule has 3 N–H and O–H groups in total. The summed E-state index contributed by atoms with van der Waals surface area (Å²) in [5.74, 6) is -0.589. The molecule has 9 heteroatoms. The van der Waals surface area contributed by atoms with E-state index in [1.54, 1.807) is 29.4 Å². The number of pyridine rings is 1. The highest BCUT2D eigenvalue weighted by atomic mass is 35.5. The fourth-order valence-electron chi connectivity index (χ4n) is 4.36. The maximum Gasteiger partial charge on any atom is 0.243 e. The van der Waals surface area contributed by atoms with Crippen molar-refractivity contribution >= 4 is 35.0 Å². The van der Waals surface area contributed by atoms with E-state index in [1.165, 1.54) is 48.2 Å². The first-order valence-electron chi connectivity index (χ1n) is 11.4. The number of phenolic OH excluding ortho intramolecular Hbond substituents is 2. The van der Waals surface area contributed by atoms with Gasteiger partial charge in [-0.05, 0) is 53.6 Å². The van der Waals surface area contributed by atoms with Gasteiger partial charge in [-0.25, -0.2) is 4.39 Å². The number of hydrogen-bond acceptors (Lipinski definition) is 6. The first kappa shape index (κ1) is 25.1. The summed E-state index contributed by atoms with van der Waals surface area (Å²) in [6.45, 7) is 0. The maximum atomic E-state index is 13.3. The minimum absolute atomic E-state index is 0.0890. The van der Waals surface area contributed by atoms with Crippen LogP contribution in [0.2, 0.25) is 5.02 Å². The number of aromatic hydroxyl groups is 2. The van der Waals surface area contributed by atoms with Gasteiger partial charge in [-0.3, -0.25) is 9.78 Å². The molecule has 37 heavy (non-hydrogen) atoms. The van der Waals surface area contributed by atoms with Crippen LogP contribution in [0.15, 0.2) is 85.2 Å². The first-order valence-corrected chi connectivity index (χ1v) is 12.9. The number of hydrogen-bond donors (Lipinski definition) is 3. The molecule has 188 valence electrons. The highest BCUT2D eigenvalue weighted by Gasteiger charge is 2.50. The molecule has 0 bridgehead atoms. The Morgan fingerprint density at radius 2 is 1.70 bits per heavy atom. The molecule has 3 aromatic carbocycles. The van der Waals surface area contributed by atoms with Crippen molar-refractivity contribution in [1.82, 2.24) is 4.98 Å².